The molecule has 0 aliphatic rings. The third-order valence-corrected chi connectivity index (χ3v) is 4.94. The molecule has 0 bridgehead atoms. The summed E-state index contributed by atoms with van der Waals surface area (Å²) in [4.78, 5) is 26.0. The van der Waals surface area contributed by atoms with Gasteiger partial charge >= 0.3 is 0 Å². The van der Waals surface area contributed by atoms with Gasteiger partial charge in [0, 0.05) is 16.1 Å². The maximum atomic E-state index is 13.1. The average Bonchev–Trinajstić information content (AvgIpc) is 2.73. The van der Waals surface area contributed by atoms with Crippen LogP contribution in [0.2, 0.25) is 5.02 Å². The minimum Gasteiger partial charge on any atom is -0.320 e. The van der Waals surface area contributed by atoms with Crippen molar-refractivity contribution in [3.05, 3.63) is 105 Å². The Morgan fingerprint density at radius 1 is 1.00 bits per heavy atom. The fraction of sp³-hybridized carbons (Fsp3) is 0.0870. The van der Waals surface area contributed by atoms with E-state index in [9.17, 15) is 9.59 Å². The lowest BCUT2D eigenvalue weighted by molar-refractivity contribution is 0.102. The number of nitrogens with one attached hydrogen (secondary N) is 1. The van der Waals surface area contributed by atoms with Crippen molar-refractivity contribution >= 4 is 34.0 Å². The van der Waals surface area contributed by atoms with Crippen molar-refractivity contribution < 1.29 is 4.79 Å². The van der Waals surface area contributed by atoms with Gasteiger partial charge in [0.05, 0.1) is 11.9 Å². The number of benzene rings is 3. The van der Waals surface area contributed by atoms with Crippen molar-refractivity contribution in [2.45, 2.75) is 13.5 Å². The molecule has 0 saturated heterocycles. The molecule has 1 aromatic heterocycles. The summed E-state index contributed by atoms with van der Waals surface area (Å²) in [6.07, 6.45) is 0. The second-order valence-corrected chi connectivity index (χ2v) is 7.19. The number of halogens is 1. The molecule has 0 spiro atoms. The van der Waals surface area contributed by atoms with Crippen LogP contribution in [0.15, 0.2) is 77.6 Å². The highest BCUT2D eigenvalue weighted by atomic mass is 35.5. The predicted molar refractivity (Wildman–Crippen MR) is 116 cm³/mol. The summed E-state index contributed by atoms with van der Waals surface area (Å²) in [5.41, 5.74) is 2.36. The van der Waals surface area contributed by atoms with E-state index in [4.69, 9.17) is 11.6 Å². The van der Waals surface area contributed by atoms with Crippen molar-refractivity contribution in [2.24, 2.45) is 0 Å². The van der Waals surface area contributed by atoms with Gasteiger partial charge in [-0.2, -0.15) is 5.10 Å². The molecule has 5 nitrogen and oxygen atoms in total. The number of aromatic nitrogens is 2. The Balaban J connectivity index is 1.80. The molecule has 0 atom stereocenters. The summed E-state index contributed by atoms with van der Waals surface area (Å²) >= 11 is 6.07. The van der Waals surface area contributed by atoms with E-state index in [0.717, 1.165) is 11.1 Å². The van der Waals surface area contributed by atoms with Gasteiger partial charge in [0.25, 0.3) is 11.5 Å². The molecule has 29 heavy (non-hydrogen) atoms. The number of fused-ring (bicyclic) bond motifs is 1. The summed E-state index contributed by atoms with van der Waals surface area (Å²) in [7, 11) is 0. The van der Waals surface area contributed by atoms with Crippen LogP contribution in [0.1, 0.15) is 21.6 Å². The lowest BCUT2D eigenvalue weighted by Crippen LogP contribution is -2.28. The quantitative estimate of drug-likeness (QED) is 0.539. The molecular weight excluding hydrogens is 386 g/mol. The number of aryl methyl sites for hydroxylation is 1. The van der Waals surface area contributed by atoms with Crippen molar-refractivity contribution in [3.8, 4) is 0 Å². The molecule has 0 unspecified atom stereocenters. The van der Waals surface area contributed by atoms with Crippen LogP contribution in [-0.4, -0.2) is 15.7 Å². The van der Waals surface area contributed by atoms with E-state index in [2.05, 4.69) is 10.4 Å². The van der Waals surface area contributed by atoms with E-state index in [0.29, 0.717) is 21.5 Å². The number of anilines is 1. The van der Waals surface area contributed by atoms with E-state index in [-0.39, 0.29) is 17.8 Å². The molecule has 144 valence electrons. The van der Waals surface area contributed by atoms with Crippen LogP contribution in [0, 0.1) is 6.92 Å². The highest BCUT2D eigenvalue weighted by Gasteiger charge is 2.17. The first-order valence-corrected chi connectivity index (χ1v) is 9.52. The van der Waals surface area contributed by atoms with Crippen LogP contribution in [0.5, 0.6) is 0 Å². The summed E-state index contributed by atoms with van der Waals surface area (Å²) < 4.78 is 1.33. The Morgan fingerprint density at radius 2 is 1.69 bits per heavy atom. The van der Waals surface area contributed by atoms with Crippen LogP contribution in [0.4, 0.5) is 5.69 Å². The second kappa shape index (κ2) is 7.89. The van der Waals surface area contributed by atoms with E-state index in [1.165, 1.54) is 4.68 Å². The van der Waals surface area contributed by atoms with Gasteiger partial charge in [0.1, 0.15) is 0 Å². The first-order chi connectivity index (χ1) is 14.0. The minimum atomic E-state index is -0.395. The summed E-state index contributed by atoms with van der Waals surface area (Å²) in [5.74, 6) is -0.395. The summed E-state index contributed by atoms with van der Waals surface area (Å²) in [5, 5.41) is 8.76. The van der Waals surface area contributed by atoms with Crippen LogP contribution in [-0.2, 0) is 6.54 Å². The van der Waals surface area contributed by atoms with Crippen molar-refractivity contribution in [1.29, 1.82) is 0 Å². The highest BCUT2D eigenvalue weighted by molar-refractivity contribution is 6.31. The third-order valence-electron chi connectivity index (χ3n) is 4.71. The standard InChI is InChI=1S/C23H18ClN3O2/c1-15-11-12-17(24)13-20(15)25-22(28)21-18-9-5-6-10-19(18)23(29)27(26-21)14-16-7-3-2-4-8-16/h2-13H,14H2,1H3,(H,25,28). The summed E-state index contributed by atoms with van der Waals surface area (Å²) in [6.45, 7) is 2.16. The van der Waals surface area contributed by atoms with Gasteiger partial charge in [0.2, 0.25) is 0 Å². The Kier molecular flexibility index (Phi) is 5.14. The van der Waals surface area contributed by atoms with Gasteiger partial charge < -0.3 is 5.32 Å². The van der Waals surface area contributed by atoms with Gasteiger partial charge in [-0.1, -0.05) is 66.2 Å². The van der Waals surface area contributed by atoms with Crippen molar-refractivity contribution in [1.82, 2.24) is 9.78 Å². The molecule has 0 aliphatic heterocycles. The number of hydrogen-bond acceptors (Lipinski definition) is 3. The third kappa shape index (κ3) is 3.91. The van der Waals surface area contributed by atoms with Gasteiger partial charge in [-0.05, 0) is 36.2 Å². The zero-order chi connectivity index (χ0) is 20.4. The molecule has 1 heterocycles. The molecule has 0 saturated carbocycles. The van der Waals surface area contributed by atoms with Crippen molar-refractivity contribution in [2.75, 3.05) is 5.32 Å². The smallest absolute Gasteiger partial charge is 0.276 e. The molecular formula is C23H18ClN3O2. The Hall–Kier alpha value is -3.44. The second-order valence-electron chi connectivity index (χ2n) is 6.76. The maximum absolute atomic E-state index is 13.1. The van der Waals surface area contributed by atoms with Gasteiger partial charge in [-0.15, -0.1) is 0 Å². The first-order valence-electron chi connectivity index (χ1n) is 9.14. The molecule has 1 amide bonds. The monoisotopic (exact) mass is 403 g/mol. The molecule has 3 aromatic carbocycles. The molecule has 6 heteroatoms. The van der Waals surface area contributed by atoms with E-state index >= 15 is 0 Å². The fourth-order valence-corrected chi connectivity index (χ4v) is 3.35. The van der Waals surface area contributed by atoms with Crippen LogP contribution < -0.4 is 10.9 Å². The lowest BCUT2D eigenvalue weighted by Gasteiger charge is -2.13. The van der Waals surface area contributed by atoms with Crippen LogP contribution in [0.3, 0.4) is 0 Å². The number of rotatable bonds is 4. The Morgan fingerprint density at radius 3 is 2.45 bits per heavy atom. The van der Waals surface area contributed by atoms with Crippen LogP contribution >= 0.6 is 11.6 Å². The number of amides is 1. The van der Waals surface area contributed by atoms with Crippen LogP contribution in [0.25, 0.3) is 10.8 Å². The largest absolute Gasteiger partial charge is 0.320 e. The number of nitrogens with zero attached hydrogens (tertiary/aromatic N) is 2. The molecule has 4 rings (SSSR count). The van der Waals surface area contributed by atoms with E-state index < -0.39 is 5.91 Å². The topological polar surface area (TPSA) is 64.0 Å². The zero-order valence-electron chi connectivity index (χ0n) is 15.7. The highest BCUT2D eigenvalue weighted by Crippen LogP contribution is 2.22. The fourth-order valence-electron chi connectivity index (χ4n) is 3.18. The van der Waals surface area contributed by atoms with E-state index in [1.54, 1.807) is 36.4 Å². The zero-order valence-corrected chi connectivity index (χ0v) is 16.5. The molecule has 0 radical (unpaired) electrons. The Bertz CT molecular complexity index is 1270. The lowest BCUT2D eigenvalue weighted by atomic mass is 10.1. The minimum absolute atomic E-state index is 0.190. The molecule has 0 aliphatic carbocycles. The Labute approximate surface area is 172 Å². The SMILES string of the molecule is Cc1ccc(Cl)cc1NC(=O)c1nn(Cc2ccccc2)c(=O)c2ccccc12. The van der Waals surface area contributed by atoms with Crippen molar-refractivity contribution in [3.63, 3.8) is 0 Å². The molecule has 4 aromatic rings. The maximum Gasteiger partial charge on any atom is 0.276 e. The predicted octanol–water partition coefficient (Wildman–Crippen LogP) is 4.66. The normalized spacial score (nSPS) is 10.8. The van der Waals surface area contributed by atoms with Gasteiger partial charge in [-0.3, -0.25) is 9.59 Å². The number of carbonyl (C=O) groups is 1. The first kappa shape index (κ1) is 18.9. The van der Waals surface area contributed by atoms with Gasteiger partial charge in [0.15, 0.2) is 5.69 Å². The number of carbonyl (C=O) groups excluding carboxylic acids is 1. The molecule has 0 fully saturated rings. The average molecular weight is 404 g/mol. The van der Waals surface area contributed by atoms with E-state index in [1.807, 2.05) is 43.3 Å². The van der Waals surface area contributed by atoms with Gasteiger partial charge in [-0.25, -0.2) is 4.68 Å². The number of hydrogen-bond donors (Lipinski definition) is 1. The molecule has 1 N–H and O–H groups in total. The summed E-state index contributed by atoms with van der Waals surface area (Å²) in [6, 6.07) is 21.8.